The molecule has 0 aliphatic rings. The van der Waals surface area contributed by atoms with Crippen LogP contribution in [0.15, 0.2) is 35.3 Å². The van der Waals surface area contributed by atoms with Crippen molar-refractivity contribution in [1.29, 1.82) is 0 Å². The number of hydrogen-bond acceptors (Lipinski definition) is 4. The molecule has 8 heteroatoms. The molecule has 2 aromatic heterocycles. The summed E-state index contributed by atoms with van der Waals surface area (Å²) in [5.74, 6) is 0.476. The molecule has 2 heterocycles. The van der Waals surface area contributed by atoms with Gasteiger partial charge < -0.3 is 23.9 Å². The normalized spacial score (nSPS) is 10.9. The highest BCUT2D eigenvalue weighted by atomic mass is 35.5. The molecule has 0 atom stereocenters. The van der Waals surface area contributed by atoms with E-state index in [0.29, 0.717) is 45.4 Å². The van der Waals surface area contributed by atoms with E-state index in [2.05, 4.69) is 5.32 Å². The van der Waals surface area contributed by atoms with Gasteiger partial charge in [-0.25, -0.2) is 0 Å². The highest BCUT2D eigenvalue weighted by molar-refractivity contribution is 6.32. The van der Waals surface area contributed by atoms with Crippen LogP contribution in [-0.4, -0.2) is 29.3 Å². The van der Waals surface area contributed by atoms with Gasteiger partial charge in [-0.3, -0.25) is 9.59 Å². The number of rotatable bonds is 5. The van der Waals surface area contributed by atoms with Crippen LogP contribution in [-0.2, 0) is 13.6 Å². The molecule has 3 aromatic rings. The van der Waals surface area contributed by atoms with Crippen molar-refractivity contribution in [3.63, 3.8) is 0 Å². The third-order valence-electron chi connectivity index (χ3n) is 4.48. The minimum atomic E-state index is -0.379. The van der Waals surface area contributed by atoms with E-state index in [1.807, 2.05) is 13.0 Å². The molecule has 27 heavy (non-hydrogen) atoms. The Hall–Kier alpha value is -2.93. The van der Waals surface area contributed by atoms with Crippen LogP contribution in [0.1, 0.15) is 17.4 Å². The molecule has 0 bridgehead atoms. The van der Waals surface area contributed by atoms with E-state index in [1.165, 1.54) is 14.2 Å². The van der Waals surface area contributed by atoms with Gasteiger partial charge in [-0.1, -0.05) is 11.6 Å². The average molecular weight is 390 g/mol. The number of amides is 1. The molecule has 3 rings (SSSR count). The maximum Gasteiger partial charge on any atom is 0.272 e. The first-order chi connectivity index (χ1) is 12.9. The molecule has 1 aromatic carbocycles. The molecule has 0 saturated carbocycles. The van der Waals surface area contributed by atoms with E-state index in [9.17, 15) is 9.59 Å². The number of carbonyl (C=O) groups excluding carboxylic acids is 1. The van der Waals surface area contributed by atoms with Gasteiger partial charge in [-0.05, 0) is 25.1 Å². The molecule has 0 fully saturated rings. The third kappa shape index (κ3) is 3.26. The minimum absolute atomic E-state index is 0.130. The first kappa shape index (κ1) is 18.8. The Balaban J connectivity index is 2.02. The fraction of sp³-hybridized carbons (Fsp3) is 0.263. The van der Waals surface area contributed by atoms with Crippen molar-refractivity contribution in [3.05, 3.63) is 51.5 Å². The molecule has 142 valence electrons. The number of aromatic nitrogens is 2. The lowest BCUT2D eigenvalue weighted by atomic mass is 10.2. The molecule has 0 spiro atoms. The monoisotopic (exact) mass is 389 g/mol. The second-order valence-corrected chi connectivity index (χ2v) is 6.34. The van der Waals surface area contributed by atoms with Crippen LogP contribution in [0.2, 0.25) is 5.02 Å². The number of carbonyl (C=O) groups is 1. The summed E-state index contributed by atoms with van der Waals surface area (Å²) in [7, 11) is 4.73. The quantitative estimate of drug-likeness (QED) is 0.726. The lowest BCUT2D eigenvalue weighted by molar-refractivity contribution is 0.101. The molecule has 0 saturated heterocycles. The van der Waals surface area contributed by atoms with Gasteiger partial charge in [0, 0.05) is 25.9 Å². The molecular formula is C19H20ClN3O4. The summed E-state index contributed by atoms with van der Waals surface area (Å²) in [6.07, 6.45) is 1.72. The second-order valence-electron chi connectivity index (χ2n) is 5.94. The van der Waals surface area contributed by atoms with Gasteiger partial charge in [-0.2, -0.15) is 0 Å². The Bertz CT molecular complexity index is 1080. The number of ether oxygens (including phenoxy) is 2. The van der Waals surface area contributed by atoms with Crippen molar-refractivity contribution in [2.75, 3.05) is 19.5 Å². The van der Waals surface area contributed by atoms with E-state index in [1.54, 1.807) is 40.6 Å². The summed E-state index contributed by atoms with van der Waals surface area (Å²) in [5.41, 5.74) is 1.32. The summed E-state index contributed by atoms with van der Waals surface area (Å²) in [6, 6.07) is 6.57. The molecule has 0 aliphatic heterocycles. The predicted molar refractivity (Wildman–Crippen MR) is 105 cm³/mol. The SMILES string of the molecule is CCn1ccc2c(cc(C(=O)Nc3cc(Cl)c(OC)cc3OC)n2C)c1=O. The number of benzene rings is 1. The van der Waals surface area contributed by atoms with Gasteiger partial charge in [0.15, 0.2) is 0 Å². The van der Waals surface area contributed by atoms with Crippen LogP contribution < -0.4 is 20.3 Å². The summed E-state index contributed by atoms with van der Waals surface area (Å²) >= 11 is 6.16. The van der Waals surface area contributed by atoms with Crippen molar-refractivity contribution in [2.45, 2.75) is 13.5 Å². The first-order valence-corrected chi connectivity index (χ1v) is 8.70. The standard InChI is InChI=1S/C19H20ClN3O4/c1-5-23-7-6-14-11(19(23)25)8-15(22(14)2)18(24)21-13-9-12(20)16(26-3)10-17(13)27-4/h6-10H,5H2,1-4H3,(H,21,24). The van der Waals surface area contributed by atoms with E-state index in [4.69, 9.17) is 21.1 Å². The molecule has 0 aliphatic carbocycles. The minimum Gasteiger partial charge on any atom is -0.495 e. The number of anilines is 1. The second kappa shape index (κ2) is 7.36. The molecular weight excluding hydrogens is 370 g/mol. The van der Waals surface area contributed by atoms with Crippen molar-refractivity contribution in [1.82, 2.24) is 9.13 Å². The maximum absolute atomic E-state index is 12.8. The maximum atomic E-state index is 12.8. The van der Waals surface area contributed by atoms with E-state index in [-0.39, 0.29) is 11.5 Å². The number of methoxy groups -OCH3 is 2. The fourth-order valence-corrected chi connectivity index (χ4v) is 3.23. The molecule has 1 amide bonds. The molecule has 0 unspecified atom stereocenters. The lowest BCUT2D eigenvalue weighted by Crippen LogP contribution is -2.17. The zero-order valence-electron chi connectivity index (χ0n) is 15.5. The number of nitrogens with zero attached hydrogens (tertiary/aromatic N) is 2. The van der Waals surface area contributed by atoms with Crippen LogP contribution in [0.5, 0.6) is 11.5 Å². The summed E-state index contributed by atoms with van der Waals surface area (Å²) in [5, 5.41) is 3.62. The van der Waals surface area contributed by atoms with E-state index >= 15 is 0 Å². The van der Waals surface area contributed by atoms with Crippen LogP contribution >= 0.6 is 11.6 Å². The fourth-order valence-electron chi connectivity index (χ4n) is 2.98. The van der Waals surface area contributed by atoms with Crippen molar-refractivity contribution >= 4 is 34.1 Å². The van der Waals surface area contributed by atoms with E-state index in [0.717, 1.165) is 0 Å². The van der Waals surface area contributed by atoms with Gasteiger partial charge in [0.25, 0.3) is 11.5 Å². The highest BCUT2D eigenvalue weighted by Crippen LogP contribution is 2.36. The zero-order chi connectivity index (χ0) is 19.7. The van der Waals surface area contributed by atoms with Crippen molar-refractivity contribution in [2.24, 2.45) is 7.05 Å². The van der Waals surface area contributed by atoms with Gasteiger partial charge in [-0.15, -0.1) is 0 Å². The van der Waals surface area contributed by atoms with Crippen molar-refractivity contribution in [3.8, 4) is 11.5 Å². The molecule has 0 radical (unpaired) electrons. The van der Waals surface area contributed by atoms with Crippen LogP contribution in [0.4, 0.5) is 5.69 Å². The zero-order valence-corrected chi connectivity index (χ0v) is 16.3. The largest absolute Gasteiger partial charge is 0.495 e. The number of pyridine rings is 1. The van der Waals surface area contributed by atoms with Gasteiger partial charge in [0.05, 0.1) is 35.8 Å². The third-order valence-corrected chi connectivity index (χ3v) is 4.77. The Morgan fingerprint density at radius 2 is 1.89 bits per heavy atom. The Morgan fingerprint density at radius 3 is 2.52 bits per heavy atom. The number of halogens is 1. The first-order valence-electron chi connectivity index (χ1n) is 8.33. The van der Waals surface area contributed by atoms with Gasteiger partial charge in [0.1, 0.15) is 17.2 Å². The topological polar surface area (TPSA) is 74.5 Å². The molecule has 7 nitrogen and oxygen atoms in total. The molecule has 1 N–H and O–H groups in total. The van der Waals surface area contributed by atoms with Gasteiger partial charge in [0.2, 0.25) is 0 Å². The number of nitrogens with one attached hydrogen (secondary N) is 1. The smallest absolute Gasteiger partial charge is 0.272 e. The summed E-state index contributed by atoms with van der Waals surface area (Å²) in [4.78, 5) is 25.3. The number of aryl methyl sites for hydroxylation is 2. The number of hydrogen-bond donors (Lipinski definition) is 1. The van der Waals surface area contributed by atoms with Crippen molar-refractivity contribution < 1.29 is 14.3 Å². The van der Waals surface area contributed by atoms with Gasteiger partial charge >= 0.3 is 0 Å². The van der Waals surface area contributed by atoms with Crippen LogP contribution in [0, 0.1) is 0 Å². The summed E-state index contributed by atoms with van der Waals surface area (Å²) < 4.78 is 13.7. The lowest BCUT2D eigenvalue weighted by Gasteiger charge is -2.13. The predicted octanol–water partition coefficient (Wildman–Crippen LogP) is 3.28. The van der Waals surface area contributed by atoms with Crippen LogP contribution in [0.3, 0.4) is 0 Å². The highest BCUT2D eigenvalue weighted by Gasteiger charge is 2.18. The Morgan fingerprint density at radius 1 is 1.19 bits per heavy atom. The summed E-state index contributed by atoms with van der Waals surface area (Å²) in [6.45, 7) is 2.45. The van der Waals surface area contributed by atoms with Crippen LogP contribution in [0.25, 0.3) is 10.9 Å². The Labute approximate surface area is 161 Å². The average Bonchev–Trinajstić information content (AvgIpc) is 3.00. The van der Waals surface area contributed by atoms with E-state index < -0.39 is 0 Å². The Kier molecular flexibility index (Phi) is 5.14. The number of fused-ring (bicyclic) bond motifs is 1.